The van der Waals surface area contributed by atoms with Gasteiger partial charge in [0.2, 0.25) is 0 Å². The summed E-state index contributed by atoms with van der Waals surface area (Å²) < 4.78 is 33.6. The second-order valence-corrected chi connectivity index (χ2v) is 8.41. The van der Waals surface area contributed by atoms with E-state index in [0.29, 0.717) is 19.6 Å². The highest BCUT2D eigenvalue weighted by Crippen LogP contribution is 2.32. The molecule has 29 heavy (non-hydrogen) atoms. The number of nitro benzene ring substituents is 1. The normalized spacial score (nSPS) is 14.4. The molecule has 0 fully saturated rings. The molecule has 154 valence electrons. The van der Waals surface area contributed by atoms with E-state index < -0.39 is 14.9 Å². The lowest BCUT2D eigenvalue weighted by Gasteiger charge is -2.11. The van der Waals surface area contributed by atoms with Crippen molar-refractivity contribution in [1.29, 1.82) is 0 Å². The number of fused-ring (bicyclic) bond motifs is 1. The molecule has 10 heteroatoms. The molecule has 0 saturated carbocycles. The highest BCUT2D eigenvalue weighted by molar-refractivity contribution is 7.90. The topological polar surface area (TPSA) is 114 Å². The minimum Gasteiger partial charge on any atom is -0.494 e. The van der Waals surface area contributed by atoms with E-state index in [2.05, 4.69) is 14.6 Å². The number of hydrogen-bond acceptors (Lipinski definition) is 7. The summed E-state index contributed by atoms with van der Waals surface area (Å²) >= 11 is 0. The van der Waals surface area contributed by atoms with Crippen molar-refractivity contribution in [3.05, 3.63) is 63.7 Å². The minimum atomic E-state index is -3.92. The van der Waals surface area contributed by atoms with Crippen LogP contribution in [0.1, 0.15) is 17.5 Å². The summed E-state index contributed by atoms with van der Waals surface area (Å²) in [5.41, 5.74) is 0.906. The van der Waals surface area contributed by atoms with Crippen LogP contribution < -0.4 is 10.1 Å². The molecule has 3 rings (SSSR count). The average molecular weight is 418 g/mol. The first-order valence-electron chi connectivity index (χ1n) is 9.01. The number of nitrogens with zero attached hydrogens (tertiary/aromatic N) is 3. The Morgan fingerprint density at radius 1 is 1.17 bits per heavy atom. The Morgan fingerprint density at radius 3 is 2.55 bits per heavy atom. The number of hydrogen-bond donors (Lipinski definition) is 1. The average Bonchev–Trinajstić information content (AvgIpc) is 2.93. The van der Waals surface area contributed by atoms with Gasteiger partial charge in [0.05, 0.1) is 11.5 Å². The molecule has 0 aliphatic carbocycles. The molecule has 9 nitrogen and oxygen atoms in total. The zero-order chi connectivity index (χ0) is 21.0. The number of ether oxygens (including phenoxy) is 1. The van der Waals surface area contributed by atoms with Gasteiger partial charge in [-0.3, -0.25) is 10.1 Å². The first-order valence-corrected chi connectivity index (χ1v) is 10.4. The molecule has 2 aromatic carbocycles. The van der Waals surface area contributed by atoms with E-state index >= 15 is 0 Å². The summed E-state index contributed by atoms with van der Waals surface area (Å²) in [6, 6.07) is 11.7. The molecule has 0 amide bonds. The van der Waals surface area contributed by atoms with E-state index in [0.717, 1.165) is 12.3 Å². The molecule has 0 atom stereocenters. The fourth-order valence-electron chi connectivity index (χ4n) is 2.99. The number of sulfonamides is 1. The van der Waals surface area contributed by atoms with Gasteiger partial charge in [-0.1, -0.05) is 18.2 Å². The first kappa shape index (κ1) is 20.7. The molecule has 1 aliphatic heterocycles. The Morgan fingerprint density at radius 2 is 1.90 bits per heavy atom. The maximum Gasteiger partial charge on any atom is 0.285 e. The van der Waals surface area contributed by atoms with Gasteiger partial charge in [-0.15, -0.1) is 4.40 Å². The lowest BCUT2D eigenvalue weighted by molar-refractivity contribution is -0.385. The third-order valence-electron chi connectivity index (χ3n) is 4.23. The standard InChI is InChI=1S/C19H22N4O5S/c1-22(2)13-14-7-9-15(10-8-14)28-12-4-11-20-19-18-16(23(24)25)5-3-6-17(18)29(26,27)21-19/h3,5-10H,4,11-13H2,1-2H3,(H,20,21). The molecule has 1 heterocycles. The Kier molecular flexibility index (Phi) is 6.14. The Labute approximate surface area is 169 Å². The highest BCUT2D eigenvalue weighted by Gasteiger charge is 2.35. The quantitative estimate of drug-likeness (QED) is 0.397. The van der Waals surface area contributed by atoms with Crippen LogP contribution in [-0.4, -0.2) is 51.3 Å². The lowest BCUT2D eigenvalue weighted by atomic mass is 10.1. The van der Waals surface area contributed by atoms with E-state index in [1.54, 1.807) is 0 Å². The number of nitrogens with one attached hydrogen (secondary N) is 1. The third kappa shape index (κ3) is 4.90. The summed E-state index contributed by atoms with van der Waals surface area (Å²) in [6.07, 6.45) is 0.564. The number of rotatable bonds is 8. The van der Waals surface area contributed by atoms with Crippen molar-refractivity contribution < 1.29 is 18.1 Å². The third-order valence-corrected chi connectivity index (χ3v) is 5.55. The van der Waals surface area contributed by atoms with Gasteiger partial charge in [0.25, 0.3) is 15.7 Å². The van der Waals surface area contributed by atoms with Gasteiger partial charge >= 0.3 is 0 Å². The van der Waals surface area contributed by atoms with Crippen LogP contribution in [-0.2, 0) is 16.6 Å². The lowest BCUT2D eigenvalue weighted by Crippen LogP contribution is -2.26. The zero-order valence-electron chi connectivity index (χ0n) is 16.2. The van der Waals surface area contributed by atoms with Gasteiger partial charge in [0.15, 0.2) is 5.84 Å². The Balaban J connectivity index is 1.55. The van der Waals surface area contributed by atoms with Gasteiger partial charge in [-0.25, -0.2) is 0 Å². The molecule has 0 bridgehead atoms. The second kappa shape index (κ2) is 8.58. The summed E-state index contributed by atoms with van der Waals surface area (Å²) in [4.78, 5) is 12.6. The molecule has 1 N–H and O–H groups in total. The van der Waals surface area contributed by atoms with E-state index in [-0.39, 0.29) is 22.0 Å². The maximum absolute atomic E-state index is 12.1. The van der Waals surface area contributed by atoms with Crippen molar-refractivity contribution in [1.82, 2.24) is 10.2 Å². The summed E-state index contributed by atoms with van der Waals surface area (Å²) in [7, 11) is 0.0855. The van der Waals surface area contributed by atoms with Crippen molar-refractivity contribution in [3.8, 4) is 5.75 Å². The molecule has 0 radical (unpaired) electrons. The van der Waals surface area contributed by atoms with E-state index in [4.69, 9.17) is 4.74 Å². The van der Waals surface area contributed by atoms with E-state index in [9.17, 15) is 18.5 Å². The van der Waals surface area contributed by atoms with Gasteiger partial charge in [0, 0.05) is 19.2 Å². The number of nitro groups is 1. The number of amidine groups is 1. The SMILES string of the molecule is CN(C)Cc1ccc(OCCCNC2=NS(=O)(=O)c3cccc([N+](=O)[O-])c32)cc1. The van der Waals surface area contributed by atoms with Crippen LogP contribution in [0.5, 0.6) is 5.75 Å². The van der Waals surface area contributed by atoms with Crippen molar-refractivity contribution in [2.45, 2.75) is 17.9 Å². The largest absolute Gasteiger partial charge is 0.494 e. The molecule has 2 aromatic rings. The fraction of sp³-hybridized carbons (Fsp3) is 0.316. The molecule has 0 saturated heterocycles. The summed E-state index contributed by atoms with van der Waals surface area (Å²) in [6.45, 7) is 1.62. The first-order chi connectivity index (χ1) is 13.8. The van der Waals surface area contributed by atoms with Crippen molar-refractivity contribution in [2.24, 2.45) is 4.40 Å². The minimum absolute atomic E-state index is 0.000313. The van der Waals surface area contributed by atoms with E-state index in [1.807, 2.05) is 38.4 Å². The van der Waals surface area contributed by atoms with Gasteiger partial charge in [0.1, 0.15) is 16.2 Å². The van der Waals surface area contributed by atoms with Crippen LogP contribution in [0.3, 0.4) is 0 Å². The number of benzene rings is 2. The van der Waals surface area contributed by atoms with Crippen LogP contribution in [0.15, 0.2) is 51.8 Å². The molecule has 0 aromatic heterocycles. The monoisotopic (exact) mass is 418 g/mol. The van der Waals surface area contributed by atoms with Crippen LogP contribution in [0.4, 0.5) is 5.69 Å². The molecular formula is C19H22N4O5S. The van der Waals surface area contributed by atoms with Crippen molar-refractivity contribution in [3.63, 3.8) is 0 Å². The van der Waals surface area contributed by atoms with Crippen LogP contribution >= 0.6 is 0 Å². The summed E-state index contributed by atoms with van der Waals surface area (Å²) in [5.74, 6) is 0.745. The van der Waals surface area contributed by atoms with Crippen LogP contribution in [0.25, 0.3) is 0 Å². The fourth-order valence-corrected chi connectivity index (χ4v) is 4.19. The van der Waals surface area contributed by atoms with Gasteiger partial charge in [-0.2, -0.15) is 8.42 Å². The predicted molar refractivity (Wildman–Crippen MR) is 109 cm³/mol. The maximum atomic E-state index is 12.1. The van der Waals surface area contributed by atoms with Crippen LogP contribution in [0, 0.1) is 10.1 Å². The zero-order valence-corrected chi connectivity index (χ0v) is 17.0. The Hall–Kier alpha value is -2.98. The van der Waals surface area contributed by atoms with E-state index in [1.165, 1.54) is 23.8 Å². The van der Waals surface area contributed by atoms with Crippen molar-refractivity contribution in [2.75, 3.05) is 27.2 Å². The highest BCUT2D eigenvalue weighted by atomic mass is 32.2. The smallest absolute Gasteiger partial charge is 0.285 e. The van der Waals surface area contributed by atoms with Crippen molar-refractivity contribution >= 4 is 21.5 Å². The molecule has 0 spiro atoms. The second-order valence-electron chi connectivity index (χ2n) is 6.83. The molecular weight excluding hydrogens is 396 g/mol. The molecule has 0 unspecified atom stereocenters. The summed E-state index contributed by atoms with van der Waals surface area (Å²) in [5, 5.41) is 14.1. The Bertz CT molecular complexity index is 1030. The van der Waals surface area contributed by atoms with Gasteiger partial charge in [-0.05, 0) is 44.3 Å². The van der Waals surface area contributed by atoms with Gasteiger partial charge < -0.3 is 15.0 Å². The predicted octanol–water partition coefficient (Wildman–Crippen LogP) is 2.16. The van der Waals surface area contributed by atoms with Crippen LogP contribution in [0.2, 0.25) is 0 Å². The molecule has 1 aliphatic rings.